The van der Waals surface area contributed by atoms with Crippen LogP contribution < -0.4 is 5.32 Å². The van der Waals surface area contributed by atoms with E-state index in [2.05, 4.69) is 10.4 Å². The van der Waals surface area contributed by atoms with E-state index in [0.29, 0.717) is 19.4 Å². The minimum Gasteiger partial charge on any atom is -0.353 e. The first-order chi connectivity index (χ1) is 8.96. The van der Waals surface area contributed by atoms with Crippen LogP contribution >= 0.6 is 0 Å². The minimum absolute atomic E-state index is 0.107. The third-order valence-electron chi connectivity index (χ3n) is 3.62. The Morgan fingerprint density at radius 2 is 2.05 bits per heavy atom. The van der Waals surface area contributed by atoms with E-state index in [0.717, 1.165) is 0 Å². The molecule has 7 heteroatoms. The number of nitrogens with one attached hydrogen (secondary N) is 1. The number of amides is 1. The molecule has 0 unspecified atom stereocenters. The van der Waals surface area contributed by atoms with E-state index < -0.39 is 17.5 Å². The fraction of sp³-hybridized carbons (Fsp3) is 0.667. The van der Waals surface area contributed by atoms with Crippen LogP contribution in [0.15, 0.2) is 18.5 Å². The van der Waals surface area contributed by atoms with Crippen molar-refractivity contribution >= 4 is 5.91 Å². The fourth-order valence-corrected chi connectivity index (χ4v) is 2.50. The Balaban J connectivity index is 1.93. The van der Waals surface area contributed by atoms with Crippen LogP contribution in [0.25, 0.3) is 0 Å². The minimum atomic E-state index is -4.47. The van der Waals surface area contributed by atoms with Crippen LogP contribution in [0.1, 0.15) is 25.7 Å². The zero-order chi connectivity index (χ0) is 13.9. The molecule has 1 aliphatic rings. The summed E-state index contributed by atoms with van der Waals surface area (Å²) in [5.74, 6) is -0.898. The lowest BCUT2D eigenvalue weighted by Gasteiger charge is -2.30. The van der Waals surface area contributed by atoms with Gasteiger partial charge in [0.15, 0.2) is 0 Å². The van der Waals surface area contributed by atoms with Gasteiger partial charge in [0.05, 0.1) is 6.54 Å². The summed E-state index contributed by atoms with van der Waals surface area (Å²) in [6.07, 6.45) is -0.511. The molecule has 0 saturated heterocycles. The van der Waals surface area contributed by atoms with E-state index >= 15 is 0 Å². The fourth-order valence-electron chi connectivity index (χ4n) is 2.50. The maximum atomic E-state index is 13.1. The number of carbonyl (C=O) groups is 1. The normalized spacial score (nSPS) is 18.5. The highest BCUT2D eigenvalue weighted by Crippen LogP contribution is 2.50. The summed E-state index contributed by atoms with van der Waals surface area (Å²) in [7, 11) is 0. The highest BCUT2D eigenvalue weighted by molar-refractivity contribution is 5.83. The molecule has 1 heterocycles. The molecule has 0 aromatic carbocycles. The molecule has 4 nitrogen and oxygen atoms in total. The molecule has 1 aliphatic carbocycles. The summed E-state index contributed by atoms with van der Waals surface area (Å²) >= 11 is 0. The standard InChI is InChI=1S/C12H16F3N3O/c13-12(14,15)11(4-1-2-5-11)10(19)16-7-9-18-8-3-6-17-18/h3,6,8H,1-2,4-5,7,9H2,(H,16,19). The molecule has 1 amide bonds. The topological polar surface area (TPSA) is 46.9 Å². The second-order valence-electron chi connectivity index (χ2n) is 4.81. The Morgan fingerprint density at radius 1 is 1.37 bits per heavy atom. The Bertz CT molecular complexity index is 422. The first-order valence-electron chi connectivity index (χ1n) is 6.28. The van der Waals surface area contributed by atoms with E-state index in [1.54, 1.807) is 23.1 Å². The zero-order valence-electron chi connectivity index (χ0n) is 10.4. The molecule has 0 aliphatic heterocycles. The lowest BCUT2D eigenvalue weighted by molar-refractivity contribution is -0.220. The lowest BCUT2D eigenvalue weighted by atomic mass is 9.84. The van der Waals surface area contributed by atoms with Gasteiger partial charge in [-0.25, -0.2) is 0 Å². The van der Waals surface area contributed by atoms with E-state index in [9.17, 15) is 18.0 Å². The number of rotatable bonds is 4. The number of aromatic nitrogens is 2. The van der Waals surface area contributed by atoms with Crippen molar-refractivity contribution in [3.63, 3.8) is 0 Å². The molecule has 2 rings (SSSR count). The van der Waals surface area contributed by atoms with E-state index in [1.807, 2.05) is 0 Å². The number of nitrogens with zero attached hydrogens (tertiary/aromatic N) is 2. The molecule has 1 aromatic heterocycles. The molecule has 0 atom stereocenters. The Labute approximate surface area is 109 Å². The molecule has 0 spiro atoms. The van der Waals surface area contributed by atoms with Crippen molar-refractivity contribution in [2.24, 2.45) is 5.41 Å². The molecular weight excluding hydrogens is 259 g/mol. The van der Waals surface area contributed by atoms with Crippen molar-refractivity contribution in [1.29, 1.82) is 0 Å². The van der Waals surface area contributed by atoms with Crippen molar-refractivity contribution in [2.45, 2.75) is 38.4 Å². The second-order valence-corrected chi connectivity index (χ2v) is 4.81. The quantitative estimate of drug-likeness (QED) is 0.915. The van der Waals surface area contributed by atoms with Gasteiger partial charge in [0, 0.05) is 18.9 Å². The molecule has 1 saturated carbocycles. The first-order valence-corrected chi connectivity index (χ1v) is 6.28. The van der Waals surface area contributed by atoms with Crippen molar-refractivity contribution in [3.8, 4) is 0 Å². The van der Waals surface area contributed by atoms with Crippen LogP contribution in [0.3, 0.4) is 0 Å². The molecular formula is C12H16F3N3O. The predicted molar refractivity (Wildman–Crippen MR) is 62.2 cm³/mol. The van der Waals surface area contributed by atoms with Gasteiger partial charge in [-0.05, 0) is 18.9 Å². The Kier molecular flexibility index (Phi) is 3.82. The van der Waals surface area contributed by atoms with Gasteiger partial charge in [0.1, 0.15) is 5.41 Å². The van der Waals surface area contributed by atoms with Crippen LogP contribution in [0, 0.1) is 5.41 Å². The Hall–Kier alpha value is -1.53. The highest BCUT2D eigenvalue weighted by atomic mass is 19.4. The van der Waals surface area contributed by atoms with Crippen molar-refractivity contribution in [2.75, 3.05) is 6.54 Å². The summed E-state index contributed by atoms with van der Waals surface area (Å²) in [6.45, 7) is 0.519. The highest BCUT2D eigenvalue weighted by Gasteiger charge is 2.60. The molecule has 1 aromatic rings. The summed E-state index contributed by atoms with van der Waals surface area (Å²) in [5.41, 5.74) is -2.18. The summed E-state index contributed by atoms with van der Waals surface area (Å²) in [4.78, 5) is 11.9. The summed E-state index contributed by atoms with van der Waals surface area (Å²) in [6, 6.07) is 1.72. The molecule has 1 fully saturated rings. The van der Waals surface area contributed by atoms with E-state index in [1.165, 1.54) is 0 Å². The van der Waals surface area contributed by atoms with Gasteiger partial charge < -0.3 is 5.32 Å². The first kappa shape index (κ1) is 13.9. The van der Waals surface area contributed by atoms with Gasteiger partial charge in [-0.1, -0.05) is 12.8 Å². The third-order valence-corrected chi connectivity index (χ3v) is 3.62. The van der Waals surface area contributed by atoms with Crippen LogP contribution in [-0.4, -0.2) is 28.4 Å². The largest absolute Gasteiger partial charge is 0.403 e. The average molecular weight is 275 g/mol. The van der Waals surface area contributed by atoms with Gasteiger partial charge in [0.25, 0.3) is 0 Å². The van der Waals surface area contributed by atoms with Crippen molar-refractivity contribution in [3.05, 3.63) is 18.5 Å². The third kappa shape index (κ3) is 2.74. The number of carbonyl (C=O) groups excluding carboxylic acids is 1. The number of alkyl halides is 3. The van der Waals surface area contributed by atoms with Crippen LogP contribution in [0.5, 0.6) is 0 Å². The molecule has 0 radical (unpaired) electrons. The maximum Gasteiger partial charge on any atom is 0.403 e. The molecule has 106 valence electrons. The van der Waals surface area contributed by atoms with Crippen LogP contribution in [0.4, 0.5) is 13.2 Å². The molecule has 1 N–H and O–H groups in total. The Morgan fingerprint density at radius 3 is 2.58 bits per heavy atom. The zero-order valence-corrected chi connectivity index (χ0v) is 10.4. The second kappa shape index (κ2) is 5.22. The number of hydrogen-bond acceptors (Lipinski definition) is 2. The van der Waals surface area contributed by atoms with Crippen molar-refractivity contribution in [1.82, 2.24) is 15.1 Å². The lowest BCUT2D eigenvalue weighted by Crippen LogP contribution is -2.49. The summed E-state index contributed by atoms with van der Waals surface area (Å²) < 4.78 is 40.8. The van der Waals surface area contributed by atoms with Crippen LogP contribution in [0.2, 0.25) is 0 Å². The number of halogens is 3. The maximum absolute atomic E-state index is 13.1. The van der Waals surface area contributed by atoms with Gasteiger partial charge in [-0.15, -0.1) is 0 Å². The van der Waals surface area contributed by atoms with Gasteiger partial charge in [0.2, 0.25) is 5.91 Å². The monoisotopic (exact) mass is 275 g/mol. The van der Waals surface area contributed by atoms with E-state index in [-0.39, 0.29) is 19.4 Å². The average Bonchev–Trinajstić information content (AvgIpc) is 2.99. The summed E-state index contributed by atoms with van der Waals surface area (Å²) in [5, 5.41) is 6.31. The molecule has 0 bridgehead atoms. The number of hydrogen-bond donors (Lipinski definition) is 1. The van der Waals surface area contributed by atoms with Gasteiger partial charge >= 0.3 is 6.18 Å². The van der Waals surface area contributed by atoms with Gasteiger partial charge in [-0.3, -0.25) is 9.48 Å². The van der Waals surface area contributed by atoms with Crippen LogP contribution in [-0.2, 0) is 11.3 Å². The van der Waals surface area contributed by atoms with Gasteiger partial charge in [-0.2, -0.15) is 18.3 Å². The molecule has 19 heavy (non-hydrogen) atoms. The predicted octanol–water partition coefficient (Wildman–Crippen LogP) is 2.12. The van der Waals surface area contributed by atoms with E-state index in [4.69, 9.17) is 0 Å². The van der Waals surface area contributed by atoms with Crippen molar-refractivity contribution < 1.29 is 18.0 Å². The SMILES string of the molecule is O=C(NCCn1cccn1)C1(C(F)(F)F)CCCC1. The smallest absolute Gasteiger partial charge is 0.353 e.